The Bertz CT molecular complexity index is 495. The van der Waals surface area contributed by atoms with Crippen LogP contribution in [0.3, 0.4) is 0 Å². The van der Waals surface area contributed by atoms with E-state index >= 15 is 0 Å². The molecule has 0 fully saturated rings. The first-order valence-corrected chi connectivity index (χ1v) is 7.00. The molecule has 0 aliphatic carbocycles. The molecule has 1 unspecified atom stereocenters. The number of nitrogens with one attached hydrogen (secondary N) is 3. The first-order valence-electron chi connectivity index (χ1n) is 7.00. The molecule has 1 aromatic carbocycles. The van der Waals surface area contributed by atoms with E-state index in [-0.39, 0.29) is 23.8 Å². The van der Waals surface area contributed by atoms with Crippen molar-refractivity contribution in [3.05, 3.63) is 36.9 Å². The van der Waals surface area contributed by atoms with Gasteiger partial charge in [0.2, 0.25) is 11.8 Å². The Kier molecular flexibility index (Phi) is 6.46. The third-order valence-electron chi connectivity index (χ3n) is 2.87. The molecular weight excluding hydrogens is 266 g/mol. The zero-order chi connectivity index (χ0) is 15.8. The van der Waals surface area contributed by atoms with E-state index < -0.39 is 0 Å². The highest BCUT2D eigenvalue weighted by molar-refractivity contribution is 5.92. The fourth-order valence-electron chi connectivity index (χ4n) is 1.58. The molecule has 0 aliphatic heterocycles. The molecule has 5 nitrogen and oxygen atoms in total. The van der Waals surface area contributed by atoms with E-state index in [2.05, 4.69) is 22.5 Å². The van der Waals surface area contributed by atoms with Crippen molar-refractivity contribution in [1.29, 1.82) is 0 Å². The monoisotopic (exact) mass is 289 g/mol. The van der Waals surface area contributed by atoms with Crippen molar-refractivity contribution in [2.75, 3.05) is 17.2 Å². The van der Waals surface area contributed by atoms with Crippen LogP contribution in [0.15, 0.2) is 36.9 Å². The van der Waals surface area contributed by atoms with Gasteiger partial charge in [-0.25, -0.2) is 0 Å². The third kappa shape index (κ3) is 5.69. The number of carbonyl (C=O) groups is 2. The van der Waals surface area contributed by atoms with Crippen molar-refractivity contribution in [3.8, 4) is 0 Å². The molecule has 0 saturated heterocycles. The summed E-state index contributed by atoms with van der Waals surface area (Å²) in [5, 5.41) is 8.64. The number of rotatable bonds is 7. The molecule has 0 saturated carbocycles. The summed E-state index contributed by atoms with van der Waals surface area (Å²) < 4.78 is 0. The van der Waals surface area contributed by atoms with E-state index in [1.807, 2.05) is 26.0 Å². The molecule has 0 spiro atoms. The highest BCUT2D eigenvalue weighted by atomic mass is 16.2. The second-order valence-corrected chi connectivity index (χ2v) is 5.12. The van der Waals surface area contributed by atoms with Crippen molar-refractivity contribution in [1.82, 2.24) is 5.32 Å². The lowest BCUT2D eigenvalue weighted by Gasteiger charge is -2.15. The summed E-state index contributed by atoms with van der Waals surface area (Å²) >= 11 is 0. The van der Waals surface area contributed by atoms with Gasteiger partial charge in [-0.15, -0.1) is 6.58 Å². The minimum atomic E-state index is -0.346. The lowest BCUT2D eigenvalue weighted by atomic mass is 10.2. The molecule has 0 radical (unpaired) electrons. The van der Waals surface area contributed by atoms with Crippen LogP contribution in [-0.2, 0) is 9.59 Å². The summed E-state index contributed by atoms with van der Waals surface area (Å²) in [4.78, 5) is 23.3. The minimum Gasteiger partial charge on any atom is -0.374 e. The molecule has 21 heavy (non-hydrogen) atoms. The van der Waals surface area contributed by atoms with E-state index in [0.717, 1.165) is 11.4 Å². The average molecular weight is 289 g/mol. The molecule has 114 valence electrons. The Balaban J connectivity index is 2.56. The molecule has 1 aromatic rings. The topological polar surface area (TPSA) is 70.2 Å². The van der Waals surface area contributed by atoms with Crippen molar-refractivity contribution >= 4 is 23.2 Å². The molecule has 0 heterocycles. The van der Waals surface area contributed by atoms with Crippen LogP contribution in [0.1, 0.15) is 20.8 Å². The van der Waals surface area contributed by atoms with E-state index in [1.165, 1.54) is 0 Å². The maximum atomic E-state index is 11.7. The van der Waals surface area contributed by atoms with Crippen LogP contribution in [-0.4, -0.2) is 24.4 Å². The van der Waals surface area contributed by atoms with Gasteiger partial charge in [0.25, 0.3) is 0 Å². The maximum Gasteiger partial charge on any atom is 0.242 e. The average Bonchev–Trinajstić information content (AvgIpc) is 2.46. The fourth-order valence-corrected chi connectivity index (χ4v) is 1.58. The zero-order valence-electron chi connectivity index (χ0n) is 12.8. The number of hydrogen-bond donors (Lipinski definition) is 3. The van der Waals surface area contributed by atoms with Gasteiger partial charge in [0, 0.05) is 23.8 Å². The Morgan fingerprint density at radius 2 is 1.67 bits per heavy atom. The molecule has 1 atom stereocenters. The van der Waals surface area contributed by atoms with Crippen LogP contribution in [0.5, 0.6) is 0 Å². The molecular formula is C16H23N3O2. The Hall–Kier alpha value is -2.30. The number of amides is 2. The summed E-state index contributed by atoms with van der Waals surface area (Å²) in [6.07, 6.45) is 1.64. The van der Waals surface area contributed by atoms with Gasteiger partial charge < -0.3 is 16.0 Å². The first-order chi connectivity index (χ1) is 9.93. The highest BCUT2D eigenvalue weighted by Crippen LogP contribution is 2.15. The Morgan fingerprint density at radius 1 is 1.10 bits per heavy atom. The van der Waals surface area contributed by atoms with E-state index in [4.69, 9.17) is 0 Å². The molecule has 5 heteroatoms. The largest absolute Gasteiger partial charge is 0.374 e. The lowest BCUT2D eigenvalue weighted by molar-refractivity contribution is -0.121. The summed E-state index contributed by atoms with van der Waals surface area (Å²) in [5.41, 5.74) is 1.56. The van der Waals surface area contributed by atoms with Gasteiger partial charge in [-0.1, -0.05) is 19.9 Å². The van der Waals surface area contributed by atoms with Crippen LogP contribution in [0.2, 0.25) is 0 Å². The number of benzene rings is 1. The van der Waals surface area contributed by atoms with E-state index in [1.54, 1.807) is 25.1 Å². The fraction of sp³-hybridized carbons (Fsp3) is 0.375. The predicted molar refractivity (Wildman–Crippen MR) is 86.2 cm³/mol. The predicted octanol–water partition coefficient (Wildman–Crippen LogP) is 2.38. The lowest BCUT2D eigenvalue weighted by Crippen LogP contribution is -2.37. The Labute approximate surface area is 125 Å². The molecule has 1 rings (SSSR count). The highest BCUT2D eigenvalue weighted by Gasteiger charge is 2.11. The van der Waals surface area contributed by atoms with E-state index in [9.17, 15) is 9.59 Å². The van der Waals surface area contributed by atoms with Gasteiger partial charge in [0.15, 0.2) is 0 Å². The van der Waals surface area contributed by atoms with Crippen molar-refractivity contribution in [3.63, 3.8) is 0 Å². The van der Waals surface area contributed by atoms with Gasteiger partial charge in [-0.2, -0.15) is 0 Å². The summed E-state index contributed by atoms with van der Waals surface area (Å²) in [5.74, 6) is -0.170. The van der Waals surface area contributed by atoms with E-state index in [0.29, 0.717) is 6.54 Å². The van der Waals surface area contributed by atoms with Crippen LogP contribution in [0.4, 0.5) is 11.4 Å². The standard InChI is InChI=1S/C16H23N3O2/c1-5-10-17-16(21)12(4)18-13-6-8-14(9-7-13)19-15(20)11(2)3/h5-9,11-12,18H,1,10H2,2-4H3,(H,17,21)(H,19,20). The van der Waals surface area contributed by atoms with Gasteiger partial charge in [-0.3, -0.25) is 9.59 Å². The SMILES string of the molecule is C=CCNC(=O)C(C)Nc1ccc(NC(=O)C(C)C)cc1. The van der Waals surface area contributed by atoms with Gasteiger partial charge in [0.1, 0.15) is 6.04 Å². The Morgan fingerprint density at radius 3 is 2.19 bits per heavy atom. The van der Waals surface area contributed by atoms with Gasteiger partial charge >= 0.3 is 0 Å². The molecule has 2 amide bonds. The normalized spacial score (nSPS) is 11.6. The number of hydrogen-bond acceptors (Lipinski definition) is 3. The van der Waals surface area contributed by atoms with Crippen LogP contribution < -0.4 is 16.0 Å². The number of anilines is 2. The van der Waals surface area contributed by atoms with Gasteiger partial charge in [-0.05, 0) is 31.2 Å². The molecule has 3 N–H and O–H groups in total. The second-order valence-electron chi connectivity index (χ2n) is 5.12. The van der Waals surface area contributed by atoms with Crippen molar-refractivity contribution in [2.24, 2.45) is 5.92 Å². The van der Waals surface area contributed by atoms with Crippen LogP contribution in [0.25, 0.3) is 0 Å². The summed E-state index contributed by atoms with van der Waals surface area (Å²) in [6, 6.07) is 6.91. The summed E-state index contributed by atoms with van der Waals surface area (Å²) in [7, 11) is 0. The minimum absolute atomic E-state index is 0.0205. The second kappa shape index (κ2) is 8.09. The summed E-state index contributed by atoms with van der Waals surface area (Å²) in [6.45, 7) is 9.47. The third-order valence-corrected chi connectivity index (χ3v) is 2.87. The van der Waals surface area contributed by atoms with Crippen LogP contribution >= 0.6 is 0 Å². The van der Waals surface area contributed by atoms with Crippen molar-refractivity contribution < 1.29 is 9.59 Å². The number of carbonyl (C=O) groups excluding carboxylic acids is 2. The molecule has 0 aliphatic rings. The maximum absolute atomic E-state index is 11.7. The smallest absolute Gasteiger partial charge is 0.242 e. The van der Waals surface area contributed by atoms with Gasteiger partial charge in [0.05, 0.1) is 0 Å². The van der Waals surface area contributed by atoms with Crippen LogP contribution in [0, 0.1) is 5.92 Å². The molecule has 0 aromatic heterocycles. The quantitative estimate of drug-likeness (QED) is 0.675. The van der Waals surface area contributed by atoms with Crippen molar-refractivity contribution in [2.45, 2.75) is 26.8 Å². The zero-order valence-corrected chi connectivity index (χ0v) is 12.8. The molecule has 0 bridgehead atoms. The first kappa shape index (κ1) is 16.8.